The lowest BCUT2D eigenvalue weighted by Crippen LogP contribution is -2.10. The average Bonchev–Trinajstić information content (AvgIpc) is 2.71. The van der Waals surface area contributed by atoms with Gasteiger partial charge in [-0.15, -0.1) is 0 Å². The second-order valence-electron chi connectivity index (χ2n) is 3.79. The average molecular weight is 205 g/mol. The highest BCUT2D eigenvalue weighted by Gasteiger charge is 2.17. The predicted molar refractivity (Wildman–Crippen MR) is 57.7 cm³/mol. The Balaban J connectivity index is 2.35. The summed E-state index contributed by atoms with van der Waals surface area (Å²) in [5.41, 5.74) is 7.08. The normalized spacial score (nSPS) is 13.1. The minimum absolute atomic E-state index is 0.240. The fourth-order valence-electron chi connectivity index (χ4n) is 1.73. The first-order chi connectivity index (χ1) is 7.08. The Morgan fingerprint density at radius 1 is 1.07 bits per heavy atom. The molecule has 0 aliphatic carbocycles. The molecule has 0 aliphatic heterocycles. The number of hydrogen-bond acceptors (Lipinski definition) is 3. The van der Waals surface area contributed by atoms with E-state index in [0.29, 0.717) is 0 Å². The van der Waals surface area contributed by atoms with Gasteiger partial charge >= 0.3 is 0 Å². The Morgan fingerprint density at radius 3 is 2.27 bits per heavy atom. The molecule has 0 aliphatic rings. The van der Waals surface area contributed by atoms with E-state index in [9.17, 15) is 0 Å². The van der Waals surface area contributed by atoms with Crippen LogP contribution in [0.5, 0.6) is 0 Å². The maximum absolute atomic E-state index is 6.09. The van der Waals surface area contributed by atoms with Crippen LogP contribution < -0.4 is 5.73 Å². The molecule has 1 atom stereocenters. The van der Waals surface area contributed by atoms with E-state index in [1.165, 1.54) is 0 Å². The van der Waals surface area contributed by atoms with Crippen LogP contribution in [0.2, 0.25) is 0 Å². The van der Waals surface area contributed by atoms with E-state index in [4.69, 9.17) is 14.6 Å². The summed E-state index contributed by atoms with van der Waals surface area (Å²) < 4.78 is 10.9. The Labute approximate surface area is 88.9 Å². The van der Waals surface area contributed by atoms with Crippen LogP contribution in [0.1, 0.15) is 34.6 Å². The van der Waals surface area contributed by atoms with Crippen molar-refractivity contribution < 1.29 is 8.83 Å². The summed E-state index contributed by atoms with van der Waals surface area (Å²) >= 11 is 0. The van der Waals surface area contributed by atoms with Crippen LogP contribution in [-0.2, 0) is 0 Å². The molecule has 2 heterocycles. The highest BCUT2D eigenvalue weighted by molar-refractivity contribution is 5.30. The molecule has 2 aromatic heterocycles. The van der Waals surface area contributed by atoms with Gasteiger partial charge < -0.3 is 14.6 Å². The van der Waals surface area contributed by atoms with Gasteiger partial charge in [0.05, 0.1) is 6.04 Å². The first-order valence-corrected chi connectivity index (χ1v) is 4.97. The SMILES string of the molecule is Cc1ccc(C(N)c2cc(C)oc2C)o1. The van der Waals surface area contributed by atoms with Crippen LogP contribution in [0.25, 0.3) is 0 Å². The van der Waals surface area contributed by atoms with Crippen molar-refractivity contribution in [2.45, 2.75) is 26.8 Å². The second kappa shape index (κ2) is 3.59. The second-order valence-corrected chi connectivity index (χ2v) is 3.79. The molecule has 3 heteroatoms. The van der Waals surface area contributed by atoms with Crippen molar-refractivity contribution in [3.63, 3.8) is 0 Å². The molecule has 0 bridgehead atoms. The summed E-state index contributed by atoms with van der Waals surface area (Å²) in [5.74, 6) is 3.38. The van der Waals surface area contributed by atoms with Gasteiger partial charge in [-0.3, -0.25) is 0 Å². The molecule has 1 unspecified atom stereocenters. The molecule has 0 aromatic carbocycles. The smallest absolute Gasteiger partial charge is 0.125 e. The molecule has 80 valence electrons. The zero-order chi connectivity index (χ0) is 11.0. The Morgan fingerprint density at radius 2 is 1.80 bits per heavy atom. The highest BCUT2D eigenvalue weighted by Crippen LogP contribution is 2.26. The van der Waals surface area contributed by atoms with Crippen LogP contribution >= 0.6 is 0 Å². The topological polar surface area (TPSA) is 52.3 Å². The van der Waals surface area contributed by atoms with E-state index in [1.54, 1.807) is 0 Å². The molecule has 0 amide bonds. The van der Waals surface area contributed by atoms with Crippen molar-refractivity contribution in [3.8, 4) is 0 Å². The molecule has 3 nitrogen and oxygen atoms in total. The molecule has 2 aromatic rings. The lowest BCUT2D eigenvalue weighted by molar-refractivity contribution is 0.458. The quantitative estimate of drug-likeness (QED) is 0.820. The minimum Gasteiger partial charge on any atom is -0.466 e. The van der Waals surface area contributed by atoms with Crippen molar-refractivity contribution in [1.29, 1.82) is 0 Å². The van der Waals surface area contributed by atoms with Crippen LogP contribution in [0.4, 0.5) is 0 Å². The van der Waals surface area contributed by atoms with Gasteiger partial charge in [0.25, 0.3) is 0 Å². The minimum atomic E-state index is -0.240. The van der Waals surface area contributed by atoms with Gasteiger partial charge in [-0.05, 0) is 39.0 Å². The van der Waals surface area contributed by atoms with E-state index in [2.05, 4.69) is 0 Å². The lowest BCUT2D eigenvalue weighted by Gasteiger charge is -2.06. The van der Waals surface area contributed by atoms with Crippen LogP contribution in [0.3, 0.4) is 0 Å². The molecular weight excluding hydrogens is 190 g/mol. The van der Waals surface area contributed by atoms with Gasteiger partial charge in [-0.1, -0.05) is 0 Å². The van der Waals surface area contributed by atoms with E-state index in [-0.39, 0.29) is 6.04 Å². The number of aryl methyl sites for hydroxylation is 3. The Kier molecular flexibility index (Phi) is 2.40. The summed E-state index contributed by atoms with van der Waals surface area (Å²) in [7, 11) is 0. The van der Waals surface area contributed by atoms with Gasteiger partial charge in [0.1, 0.15) is 23.0 Å². The van der Waals surface area contributed by atoms with E-state index in [0.717, 1.165) is 28.6 Å². The van der Waals surface area contributed by atoms with Crippen molar-refractivity contribution in [3.05, 3.63) is 46.8 Å². The van der Waals surface area contributed by atoms with Crippen LogP contribution in [0, 0.1) is 20.8 Å². The Hall–Kier alpha value is -1.48. The van der Waals surface area contributed by atoms with Crippen molar-refractivity contribution in [1.82, 2.24) is 0 Å². The fourth-order valence-corrected chi connectivity index (χ4v) is 1.73. The third kappa shape index (κ3) is 1.83. The summed E-state index contributed by atoms with van der Waals surface area (Å²) in [4.78, 5) is 0. The maximum Gasteiger partial charge on any atom is 0.125 e. The van der Waals surface area contributed by atoms with Gasteiger partial charge in [0.2, 0.25) is 0 Å². The summed E-state index contributed by atoms with van der Waals surface area (Å²) in [5, 5.41) is 0. The van der Waals surface area contributed by atoms with Gasteiger partial charge in [-0.2, -0.15) is 0 Å². The largest absolute Gasteiger partial charge is 0.466 e. The van der Waals surface area contributed by atoms with Crippen LogP contribution in [-0.4, -0.2) is 0 Å². The number of furan rings is 2. The highest BCUT2D eigenvalue weighted by atomic mass is 16.3. The molecule has 0 fully saturated rings. The molecule has 0 saturated heterocycles. The molecule has 0 spiro atoms. The van der Waals surface area contributed by atoms with E-state index >= 15 is 0 Å². The van der Waals surface area contributed by atoms with E-state index in [1.807, 2.05) is 39.0 Å². The van der Waals surface area contributed by atoms with Crippen molar-refractivity contribution in [2.24, 2.45) is 5.73 Å². The summed E-state index contributed by atoms with van der Waals surface area (Å²) in [6.45, 7) is 5.73. The molecule has 15 heavy (non-hydrogen) atoms. The third-order valence-electron chi connectivity index (χ3n) is 2.48. The standard InChI is InChI=1S/C12H15NO2/c1-7-4-5-11(15-7)12(13)10-6-8(2)14-9(10)3/h4-6,12H,13H2,1-3H3. The zero-order valence-electron chi connectivity index (χ0n) is 9.20. The lowest BCUT2D eigenvalue weighted by atomic mass is 10.1. The first kappa shape index (κ1) is 10.1. The monoisotopic (exact) mass is 205 g/mol. The zero-order valence-corrected chi connectivity index (χ0v) is 9.20. The molecule has 0 saturated carbocycles. The van der Waals surface area contributed by atoms with E-state index < -0.39 is 0 Å². The van der Waals surface area contributed by atoms with Crippen LogP contribution in [0.15, 0.2) is 27.0 Å². The number of rotatable bonds is 2. The fraction of sp³-hybridized carbons (Fsp3) is 0.333. The van der Waals surface area contributed by atoms with Gasteiger partial charge in [0.15, 0.2) is 0 Å². The number of hydrogen-bond donors (Lipinski definition) is 1. The maximum atomic E-state index is 6.09. The number of nitrogens with two attached hydrogens (primary N) is 1. The van der Waals surface area contributed by atoms with Gasteiger partial charge in [0, 0.05) is 5.56 Å². The summed E-state index contributed by atoms with van der Waals surface area (Å²) in [6.07, 6.45) is 0. The summed E-state index contributed by atoms with van der Waals surface area (Å²) in [6, 6.07) is 5.54. The molecular formula is C12H15NO2. The van der Waals surface area contributed by atoms with Gasteiger partial charge in [-0.25, -0.2) is 0 Å². The molecule has 2 N–H and O–H groups in total. The Bertz CT molecular complexity index is 468. The van der Waals surface area contributed by atoms with Crippen molar-refractivity contribution >= 4 is 0 Å². The van der Waals surface area contributed by atoms with Crippen molar-refractivity contribution in [2.75, 3.05) is 0 Å². The predicted octanol–water partition coefficient (Wildman–Crippen LogP) is 2.85. The molecule has 0 radical (unpaired) electrons. The molecule has 2 rings (SSSR count). The first-order valence-electron chi connectivity index (χ1n) is 4.97. The third-order valence-corrected chi connectivity index (χ3v) is 2.48.